The third-order valence-corrected chi connectivity index (χ3v) is 6.89. The maximum absolute atomic E-state index is 12.4. The molecule has 2 heterocycles. The van der Waals surface area contributed by atoms with Gasteiger partial charge in [0.15, 0.2) is 5.13 Å². The summed E-state index contributed by atoms with van der Waals surface area (Å²) in [4.78, 5) is 21.7. The maximum atomic E-state index is 12.4. The summed E-state index contributed by atoms with van der Waals surface area (Å²) >= 11 is 2.68. The van der Waals surface area contributed by atoms with Crippen LogP contribution in [0.2, 0.25) is 0 Å². The van der Waals surface area contributed by atoms with Gasteiger partial charge in [-0.3, -0.25) is 14.4 Å². The van der Waals surface area contributed by atoms with E-state index in [1.54, 1.807) is 31.2 Å². The van der Waals surface area contributed by atoms with E-state index in [1.165, 1.54) is 34.0 Å². The molecule has 0 fully saturated rings. The molecule has 0 radical (unpaired) electrons. The number of hydrogen-bond acceptors (Lipinski definition) is 7. The number of aryl methyl sites for hydroxylation is 2. The number of hydrogen-bond donors (Lipinski definition) is 1. The normalized spacial score (nSPS) is 11.4. The molecule has 7 nitrogen and oxygen atoms in total. The summed E-state index contributed by atoms with van der Waals surface area (Å²) in [6, 6.07) is 7.04. The predicted molar refractivity (Wildman–Crippen MR) is 110 cm³/mol. The Bertz CT molecular complexity index is 1090. The van der Waals surface area contributed by atoms with Gasteiger partial charge < -0.3 is 0 Å². The van der Waals surface area contributed by atoms with Gasteiger partial charge in [-0.1, -0.05) is 12.1 Å². The van der Waals surface area contributed by atoms with Crippen molar-refractivity contribution in [2.75, 3.05) is 22.9 Å². The maximum Gasteiger partial charge on any atom is 0.269 e. The minimum absolute atomic E-state index is 0.218. The van der Waals surface area contributed by atoms with E-state index in [0.717, 1.165) is 16.8 Å². The SMILES string of the molecule is Cc1nc(C)c(C(=O)Nc2nc(-c3ccc(N(C)S(C)(=O)=O)cc3)cs2)s1. The Morgan fingerprint density at radius 2 is 1.81 bits per heavy atom. The lowest BCUT2D eigenvalue weighted by Gasteiger charge is -2.16. The number of carbonyl (C=O) groups excluding carboxylic acids is 1. The van der Waals surface area contributed by atoms with Gasteiger partial charge in [-0.2, -0.15) is 0 Å². The molecule has 0 saturated carbocycles. The van der Waals surface area contributed by atoms with Gasteiger partial charge in [-0.05, 0) is 26.0 Å². The van der Waals surface area contributed by atoms with E-state index < -0.39 is 10.0 Å². The minimum Gasteiger partial charge on any atom is -0.297 e. The van der Waals surface area contributed by atoms with Crippen LogP contribution in [0.4, 0.5) is 10.8 Å². The molecule has 1 aromatic carbocycles. The van der Waals surface area contributed by atoms with E-state index in [-0.39, 0.29) is 5.91 Å². The van der Waals surface area contributed by atoms with Gasteiger partial charge in [0, 0.05) is 18.0 Å². The topological polar surface area (TPSA) is 92.3 Å². The highest BCUT2D eigenvalue weighted by atomic mass is 32.2. The number of carbonyl (C=O) groups is 1. The highest BCUT2D eigenvalue weighted by Gasteiger charge is 2.16. The number of aromatic nitrogens is 2. The van der Waals surface area contributed by atoms with Crippen molar-refractivity contribution < 1.29 is 13.2 Å². The average Bonchev–Trinajstić information content (AvgIpc) is 3.19. The number of benzene rings is 1. The van der Waals surface area contributed by atoms with Gasteiger partial charge in [0.2, 0.25) is 10.0 Å². The molecule has 0 saturated heterocycles. The standard InChI is InChI=1S/C17H18N4O3S3/c1-10-15(26-11(2)18-10)16(22)20-17-19-14(9-25-17)12-5-7-13(8-6-12)21(3)27(4,23)24/h5-9H,1-4H3,(H,19,20,22). The van der Waals surface area contributed by atoms with Gasteiger partial charge in [-0.25, -0.2) is 18.4 Å². The van der Waals surface area contributed by atoms with Gasteiger partial charge in [0.1, 0.15) is 4.88 Å². The second-order valence-corrected chi connectivity index (χ2v) is 9.99. The zero-order valence-corrected chi connectivity index (χ0v) is 17.6. The molecule has 0 atom stereocenters. The molecule has 0 bridgehead atoms. The zero-order chi connectivity index (χ0) is 19.8. The van der Waals surface area contributed by atoms with E-state index in [0.29, 0.717) is 27.1 Å². The summed E-state index contributed by atoms with van der Waals surface area (Å²) in [6.45, 7) is 3.67. The minimum atomic E-state index is -3.30. The Hall–Kier alpha value is -2.30. The van der Waals surface area contributed by atoms with Gasteiger partial charge in [-0.15, -0.1) is 22.7 Å². The molecule has 27 heavy (non-hydrogen) atoms. The summed E-state index contributed by atoms with van der Waals surface area (Å²) in [6.07, 6.45) is 1.16. The smallest absolute Gasteiger partial charge is 0.269 e. The van der Waals surface area contributed by atoms with Crippen molar-refractivity contribution in [1.82, 2.24) is 9.97 Å². The fraction of sp³-hybridized carbons (Fsp3) is 0.235. The largest absolute Gasteiger partial charge is 0.297 e. The number of anilines is 2. The Labute approximate surface area is 165 Å². The van der Waals surface area contributed by atoms with Crippen molar-refractivity contribution in [3.05, 3.63) is 45.2 Å². The second kappa shape index (κ2) is 7.37. The van der Waals surface area contributed by atoms with E-state index in [9.17, 15) is 13.2 Å². The molecule has 0 aliphatic heterocycles. The average molecular weight is 423 g/mol. The van der Waals surface area contributed by atoms with Crippen molar-refractivity contribution in [1.29, 1.82) is 0 Å². The molecule has 1 amide bonds. The fourth-order valence-corrected chi connectivity index (χ4v) is 4.43. The summed E-state index contributed by atoms with van der Waals surface area (Å²) < 4.78 is 24.4. The molecular formula is C17H18N4O3S3. The summed E-state index contributed by atoms with van der Waals surface area (Å²) in [7, 11) is -1.80. The molecule has 142 valence electrons. The van der Waals surface area contributed by atoms with Crippen LogP contribution < -0.4 is 9.62 Å². The molecule has 1 N–H and O–H groups in total. The third kappa shape index (κ3) is 4.34. The van der Waals surface area contributed by atoms with Crippen LogP contribution in [0.1, 0.15) is 20.4 Å². The quantitative estimate of drug-likeness (QED) is 0.679. The van der Waals surface area contributed by atoms with E-state index in [2.05, 4.69) is 15.3 Å². The monoisotopic (exact) mass is 422 g/mol. The van der Waals surface area contributed by atoms with E-state index >= 15 is 0 Å². The summed E-state index contributed by atoms with van der Waals surface area (Å²) in [5, 5.41) is 5.99. The van der Waals surface area contributed by atoms with E-state index in [1.807, 2.05) is 12.3 Å². The Kier molecular flexibility index (Phi) is 5.31. The first-order valence-corrected chi connectivity index (χ1v) is 11.4. The number of rotatable bonds is 5. The highest BCUT2D eigenvalue weighted by molar-refractivity contribution is 7.92. The Morgan fingerprint density at radius 1 is 1.15 bits per heavy atom. The van der Waals surface area contributed by atoms with Crippen molar-refractivity contribution in [2.45, 2.75) is 13.8 Å². The van der Waals surface area contributed by atoms with Crippen molar-refractivity contribution in [3.8, 4) is 11.3 Å². The molecular weight excluding hydrogens is 404 g/mol. The van der Waals surface area contributed by atoms with Crippen LogP contribution in [0.5, 0.6) is 0 Å². The van der Waals surface area contributed by atoms with Crippen LogP contribution in [0, 0.1) is 13.8 Å². The molecule has 0 unspecified atom stereocenters. The molecule has 0 aliphatic rings. The van der Waals surface area contributed by atoms with Crippen molar-refractivity contribution >= 4 is 49.4 Å². The van der Waals surface area contributed by atoms with Crippen LogP contribution in [-0.4, -0.2) is 37.6 Å². The molecule has 0 aliphatic carbocycles. The predicted octanol–water partition coefficient (Wildman–Crippen LogP) is 3.53. The molecule has 3 aromatic rings. The van der Waals surface area contributed by atoms with E-state index in [4.69, 9.17) is 0 Å². The molecule has 3 rings (SSSR count). The number of nitrogens with zero attached hydrogens (tertiary/aromatic N) is 3. The lowest BCUT2D eigenvalue weighted by molar-refractivity contribution is 0.103. The fourth-order valence-electron chi connectivity index (χ4n) is 2.39. The Morgan fingerprint density at radius 3 is 2.37 bits per heavy atom. The first kappa shape index (κ1) is 19.5. The first-order valence-electron chi connectivity index (χ1n) is 7.90. The van der Waals surface area contributed by atoms with Crippen LogP contribution in [0.3, 0.4) is 0 Å². The van der Waals surface area contributed by atoms with Gasteiger partial charge in [0.25, 0.3) is 5.91 Å². The molecule has 10 heteroatoms. The van der Waals surface area contributed by atoms with Crippen LogP contribution in [-0.2, 0) is 10.0 Å². The van der Waals surface area contributed by atoms with Crippen molar-refractivity contribution in [2.24, 2.45) is 0 Å². The van der Waals surface area contributed by atoms with Crippen LogP contribution in [0.15, 0.2) is 29.6 Å². The zero-order valence-electron chi connectivity index (χ0n) is 15.2. The first-order chi connectivity index (χ1) is 12.6. The second-order valence-electron chi connectivity index (χ2n) is 5.92. The number of sulfonamides is 1. The molecule has 0 spiro atoms. The lowest BCUT2D eigenvalue weighted by Crippen LogP contribution is -2.24. The van der Waals surface area contributed by atoms with Gasteiger partial charge in [0.05, 0.1) is 28.3 Å². The van der Waals surface area contributed by atoms with Gasteiger partial charge >= 0.3 is 0 Å². The highest BCUT2D eigenvalue weighted by Crippen LogP contribution is 2.28. The third-order valence-electron chi connectivity index (χ3n) is 3.86. The van der Waals surface area contributed by atoms with Crippen LogP contribution in [0.25, 0.3) is 11.3 Å². The Balaban J connectivity index is 1.76. The summed E-state index contributed by atoms with van der Waals surface area (Å²) in [5.41, 5.74) is 2.82. The lowest BCUT2D eigenvalue weighted by atomic mass is 10.1. The number of nitrogens with one attached hydrogen (secondary N) is 1. The molecule has 2 aromatic heterocycles. The number of amides is 1. The van der Waals surface area contributed by atoms with Crippen LogP contribution >= 0.6 is 22.7 Å². The summed E-state index contributed by atoms with van der Waals surface area (Å²) in [5.74, 6) is -0.218. The van der Waals surface area contributed by atoms with Crippen molar-refractivity contribution in [3.63, 3.8) is 0 Å². The number of thiazole rings is 2.